The van der Waals surface area contributed by atoms with Crippen molar-refractivity contribution in [2.24, 2.45) is 0 Å². The Morgan fingerprint density at radius 1 is 1.65 bits per heavy atom. The maximum absolute atomic E-state index is 11.7. The van der Waals surface area contributed by atoms with Crippen LogP contribution in [0.1, 0.15) is 23.8 Å². The molecule has 0 aromatic carbocycles. The molecule has 2 amide bonds. The van der Waals surface area contributed by atoms with Crippen LogP contribution in [-0.2, 0) is 6.54 Å². The third-order valence-electron chi connectivity index (χ3n) is 2.87. The van der Waals surface area contributed by atoms with E-state index in [1.165, 1.54) is 17.4 Å². The number of hydrogen-bond acceptors (Lipinski definition) is 4. The first-order valence-corrected chi connectivity index (χ1v) is 6.08. The van der Waals surface area contributed by atoms with Crippen molar-refractivity contribution in [3.05, 3.63) is 18.2 Å². The van der Waals surface area contributed by atoms with E-state index in [0.29, 0.717) is 13.1 Å². The summed E-state index contributed by atoms with van der Waals surface area (Å²) in [7, 11) is 1.62. The van der Waals surface area contributed by atoms with E-state index < -0.39 is 5.97 Å². The fourth-order valence-corrected chi connectivity index (χ4v) is 1.48. The van der Waals surface area contributed by atoms with Crippen LogP contribution in [0.2, 0.25) is 0 Å². The number of hydrogen-bond donors (Lipinski definition) is 2. The van der Waals surface area contributed by atoms with Crippen molar-refractivity contribution in [2.45, 2.75) is 25.9 Å². The minimum atomic E-state index is -1.09. The first-order valence-electron chi connectivity index (χ1n) is 6.08. The highest BCUT2D eigenvalue weighted by molar-refractivity contribution is 5.84. The largest absolute Gasteiger partial charge is 0.476 e. The monoisotopic (exact) mass is 279 g/mol. The van der Waals surface area contributed by atoms with Crippen LogP contribution in [0, 0.1) is 11.3 Å². The zero-order valence-corrected chi connectivity index (χ0v) is 11.4. The Morgan fingerprint density at radius 2 is 2.35 bits per heavy atom. The second-order valence-electron chi connectivity index (χ2n) is 4.36. The lowest BCUT2D eigenvalue weighted by molar-refractivity contribution is 0.0691. The summed E-state index contributed by atoms with van der Waals surface area (Å²) in [4.78, 5) is 27.6. The van der Waals surface area contributed by atoms with Crippen molar-refractivity contribution in [3.63, 3.8) is 0 Å². The number of amides is 2. The lowest BCUT2D eigenvalue weighted by atomic mass is 10.2. The molecule has 108 valence electrons. The van der Waals surface area contributed by atoms with E-state index in [4.69, 9.17) is 10.4 Å². The average molecular weight is 279 g/mol. The van der Waals surface area contributed by atoms with Gasteiger partial charge in [-0.1, -0.05) is 0 Å². The highest BCUT2D eigenvalue weighted by atomic mass is 16.4. The molecule has 0 bridgehead atoms. The second kappa shape index (κ2) is 7.13. The van der Waals surface area contributed by atoms with Gasteiger partial charge in [-0.15, -0.1) is 0 Å². The molecule has 8 heteroatoms. The number of nitrogens with zero attached hydrogens (tertiary/aromatic N) is 4. The Balaban J connectivity index is 2.38. The molecule has 1 rings (SSSR count). The van der Waals surface area contributed by atoms with E-state index >= 15 is 0 Å². The summed E-state index contributed by atoms with van der Waals surface area (Å²) in [6.07, 6.45) is 3.07. The number of aromatic nitrogens is 2. The van der Waals surface area contributed by atoms with E-state index in [0.717, 1.165) is 0 Å². The van der Waals surface area contributed by atoms with Crippen molar-refractivity contribution < 1.29 is 14.7 Å². The molecule has 0 saturated carbocycles. The van der Waals surface area contributed by atoms with Gasteiger partial charge in [-0.05, 0) is 6.92 Å². The normalized spacial score (nSPS) is 11.4. The van der Waals surface area contributed by atoms with Gasteiger partial charge in [0.05, 0.1) is 18.8 Å². The molecule has 2 N–H and O–H groups in total. The first-order chi connectivity index (χ1) is 9.45. The summed E-state index contributed by atoms with van der Waals surface area (Å²) in [5, 5.41) is 20.0. The van der Waals surface area contributed by atoms with E-state index in [1.807, 2.05) is 6.07 Å². The van der Waals surface area contributed by atoms with Crippen LogP contribution < -0.4 is 5.32 Å². The van der Waals surface area contributed by atoms with Crippen LogP contribution in [-0.4, -0.2) is 51.2 Å². The van der Waals surface area contributed by atoms with E-state index in [9.17, 15) is 9.59 Å². The van der Waals surface area contributed by atoms with Crippen LogP contribution in [0.4, 0.5) is 4.79 Å². The van der Waals surface area contributed by atoms with Gasteiger partial charge in [0.25, 0.3) is 0 Å². The van der Waals surface area contributed by atoms with Crippen LogP contribution in [0.5, 0.6) is 0 Å². The van der Waals surface area contributed by atoms with Crippen molar-refractivity contribution in [3.8, 4) is 6.07 Å². The lowest BCUT2D eigenvalue weighted by Gasteiger charge is -2.23. The number of urea groups is 1. The second-order valence-corrected chi connectivity index (χ2v) is 4.36. The topological polar surface area (TPSA) is 111 Å². The van der Waals surface area contributed by atoms with Gasteiger partial charge < -0.3 is 19.9 Å². The third-order valence-corrected chi connectivity index (χ3v) is 2.87. The number of carbonyl (C=O) groups is 2. The molecule has 1 aromatic rings. The molecule has 1 unspecified atom stereocenters. The number of carbonyl (C=O) groups excluding carboxylic acids is 1. The lowest BCUT2D eigenvalue weighted by Crippen LogP contribution is -2.43. The predicted octanol–water partition coefficient (Wildman–Crippen LogP) is 0.525. The molecular formula is C12H17N5O3. The Morgan fingerprint density at radius 3 is 2.90 bits per heavy atom. The van der Waals surface area contributed by atoms with Crippen LogP contribution >= 0.6 is 0 Å². The molecule has 0 aliphatic carbocycles. The summed E-state index contributed by atoms with van der Waals surface area (Å²) < 4.78 is 1.59. The summed E-state index contributed by atoms with van der Waals surface area (Å²) in [5.74, 6) is -1.09. The molecule has 1 atom stereocenters. The third kappa shape index (κ3) is 4.28. The SMILES string of the molecule is CC(CC#N)N(C)C(=O)NCCn1cnc(C(=O)O)c1. The predicted molar refractivity (Wildman–Crippen MR) is 70.0 cm³/mol. The highest BCUT2D eigenvalue weighted by Gasteiger charge is 2.14. The number of carboxylic acids is 1. The molecule has 1 aromatic heterocycles. The van der Waals surface area contributed by atoms with Crippen LogP contribution in [0.25, 0.3) is 0 Å². The zero-order valence-electron chi connectivity index (χ0n) is 11.4. The molecule has 0 fully saturated rings. The molecule has 0 saturated heterocycles. The Hall–Kier alpha value is -2.56. The van der Waals surface area contributed by atoms with Crippen molar-refractivity contribution >= 4 is 12.0 Å². The Kier molecular flexibility index (Phi) is 5.53. The molecule has 0 aliphatic rings. The minimum Gasteiger partial charge on any atom is -0.476 e. The van der Waals surface area contributed by atoms with Gasteiger partial charge >= 0.3 is 12.0 Å². The first kappa shape index (κ1) is 15.5. The van der Waals surface area contributed by atoms with Gasteiger partial charge in [0, 0.05) is 32.4 Å². The van der Waals surface area contributed by atoms with E-state index in [-0.39, 0.29) is 24.2 Å². The van der Waals surface area contributed by atoms with Crippen LogP contribution in [0.3, 0.4) is 0 Å². The quantitative estimate of drug-likeness (QED) is 0.788. The molecule has 0 radical (unpaired) electrons. The minimum absolute atomic E-state index is 0.0314. The van der Waals surface area contributed by atoms with Gasteiger partial charge in [-0.3, -0.25) is 0 Å². The zero-order chi connectivity index (χ0) is 15.1. The summed E-state index contributed by atoms with van der Waals surface area (Å²) >= 11 is 0. The highest BCUT2D eigenvalue weighted by Crippen LogP contribution is 2.00. The van der Waals surface area contributed by atoms with Crippen molar-refractivity contribution in [2.75, 3.05) is 13.6 Å². The number of nitriles is 1. The Labute approximate surface area is 116 Å². The van der Waals surface area contributed by atoms with Crippen molar-refractivity contribution in [1.29, 1.82) is 5.26 Å². The maximum Gasteiger partial charge on any atom is 0.356 e. The van der Waals surface area contributed by atoms with Gasteiger partial charge in [-0.25, -0.2) is 14.6 Å². The van der Waals surface area contributed by atoms with Gasteiger partial charge in [0.1, 0.15) is 0 Å². The molecular weight excluding hydrogens is 262 g/mol. The average Bonchev–Trinajstić information content (AvgIpc) is 2.87. The molecule has 0 spiro atoms. The molecule has 0 aliphatic heterocycles. The van der Waals surface area contributed by atoms with E-state index in [1.54, 1.807) is 18.5 Å². The molecule has 8 nitrogen and oxygen atoms in total. The summed E-state index contributed by atoms with van der Waals surface area (Å²) in [6, 6.07) is 1.58. The van der Waals surface area contributed by atoms with E-state index in [2.05, 4.69) is 10.3 Å². The maximum atomic E-state index is 11.7. The fourth-order valence-electron chi connectivity index (χ4n) is 1.48. The van der Waals surface area contributed by atoms with Gasteiger partial charge in [0.15, 0.2) is 5.69 Å². The molecule has 1 heterocycles. The number of imidazole rings is 1. The Bertz CT molecular complexity index is 519. The summed E-state index contributed by atoms with van der Waals surface area (Å²) in [5.41, 5.74) is -0.0314. The molecule has 20 heavy (non-hydrogen) atoms. The number of aromatic carboxylic acids is 1. The van der Waals surface area contributed by atoms with Crippen LogP contribution in [0.15, 0.2) is 12.5 Å². The van der Waals surface area contributed by atoms with Crippen molar-refractivity contribution in [1.82, 2.24) is 19.8 Å². The number of carboxylic acid groups (broad SMARTS) is 1. The number of rotatable bonds is 6. The standard InChI is InChI=1S/C12H17N5O3/c1-9(3-4-13)16(2)12(20)14-5-6-17-7-10(11(18)19)15-8-17/h7-9H,3,5-6H2,1-2H3,(H,14,20)(H,18,19). The number of nitrogens with one attached hydrogen (secondary N) is 1. The summed E-state index contributed by atoms with van der Waals surface area (Å²) in [6.45, 7) is 2.56. The smallest absolute Gasteiger partial charge is 0.356 e. The van der Waals surface area contributed by atoms with Gasteiger partial charge in [0.2, 0.25) is 0 Å². The van der Waals surface area contributed by atoms with Gasteiger partial charge in [-0.2, -0.15) is 5.26 Å². The fraction of sp³-hybridized carbons (Fsp3) is 0.500.